The molecule has 90 valence electrons. The zero-order chi connectivity index (χ0) is 11.1. The van der Waals surface area contributed by atoms with Gasteiger partial charge in [0.05, 0.1) is 0 Å². The van der Waals surface area contributed by atoms with Crippen LogP contribution in [0.25, 0.3) is 16.2 Å². The van der Waals surface area contributed by atoms with Gasteiger partial charge in [-0.2, -0.15) is 0 Å². The van der Waals surface area contributed by atoms with Gasteiger partial charge in [-0.3, -0.25) is 0 Å². The van der Waals surface area contributed by atoms with Gasteiger partial charge in [0.1, 0.15) is 0 Å². The van der Waals surface area contributed by atoms with Gasteiger partial charge in [-0.05, 0) is 36.2 Å². The van der Waals surface area contributed by atoms with E-state index in [1.807, 2.05) is 12.1 Å². The molecule has 0 atom stereocenters. The second-order valence-corrected chi connectivity index (χ2v) is 5.47. The summed E-state index contributed by atoms with van der Waals surface area (Å²) in [6.07, 6.45) is 2.96. The number of hydrogen-bond donors (Lipinski definition) is 1. The Bertz CT molecular complexity index is 574. The average molecular weight is 286 g/mol. The van der Waals surface area contributed by atoms with Crippen molar-refractivity contribution in [2.45, 2.75) is 13.0 Å². The van der Waals surface area contributed by atoms with E-state index in [0.29, 0.717) is 0 Å². The molecule has 1 aliphatic heterocycles. The van der Waals surface area contributed by atoms with E-state index >= 15 is 0 Å². The van der Waals surface area contributed by atoms with E-state index in [1.54, 1.807) is 11.3 Å². The largest absolute Gasteiger partial charge is 0.312 e. The fraction of sp³-hybridized carbons (Fsp3) is 0.231. The normalized spacial score (nSPS) is 14.2. The molecule has 0 saturated heterocycles. The highest BCUT2D eigenvalue weighted by molar-refractivity contribution is 7.20. The first-order valence-electron chi connectivity index (χ1n) is 5.37. The molecular weight excluding hydrogens is 273 g/mol. The van der Waals surface area contributed by atoms with Gasteiger partial charge in [0.15, 0.2) is 0 Å². The Kier molecular flexibility index (Phi) is 3.79. The van der Waals surface area contributed by atoms with Gasteiger partial charge in [0.25, 0.3) is 0 Å². The topological polar surface area (TPSA) is 12.0 Å². The number of benzene rings is 1. The van der Waals surface area contributed by atoms with E-state index < -0.39 is 0 Å². The molecule has 2 heterocycles. The summed E-state index contributed by atoms with van der Waals surface area (Å²) in [7, 11) is 0. The van der Waals surface area contributed by atoms with Gasteiger partial charge in [0.2, 0.25) is 0 Å². The summed E-state index contributed by atoms with van der Waals surface area (Å²) in [5.74, 6) is 0. The summed E-state index contributed by atoms with van der Waals surface area (Å²) in [6.45, 7) is 5.81. The average Bonchev–Trinajstić information content (AvgIpc) is 2.49. The van der Waals surface area contributed by atoms with Crippen molar-refractivity contribution in [1.82, 2.24) is 5.32 Å². The van der Waals surface area contributed by atoms with E-state index in [-0.39, 0.29) is 12.4 Å². The molecular formula is C13H13Cl2NS. The summed E-state index contributed by atoms with van der Waals surface area (Å²) in [4.78, 5) is 1.27. The van der Waals surface area contributed by atoms with E-state index in [2.05, 4.69) is 18.0 Å². The van der Waals surface area contributed by atoms with Crippen molar-refractivity contribution in [2.24, 2.45) is 0 Å². The monoisotopic (exact) mass is 285 g/mol. The van der Waals surface area contributed by atoms with Gasteiger partial charge < -0.3 is 5.32 Å². The molecule has 1 aromatic heterocycles. The number of halogens is 2. The van der Waals surface area contributed by atoms with Gasteiger partial charge >= 0.3 is 0 Å². The molecule has 0 amide bonds. The van der Waals surface area contributed by atoms with Crippen molar-refractivity contribution in [1.29, 1.82) is 0 Å². The van der Waals surface area contributed by atoms with Crippen LogP contribution in [0.2, 0.25) is 5.02 Å². The van der Waals surface area contributed by atoms with E-state index in [4.69, 9.17) is 11.6 Å². The van der Waals surface area contributed by atoms with Crippen LogP contribution in [0.1, 0.15) is 16.0 Å². The lowest BCUT2D eigenvalue weighted by Gasteiger charge is -2.03. The Hall–Kier alpha value is -0.540. The van der Waals surface area contributed by atoms with Crippen LogP contribution in [0.4, 0.5) is 0 Å². The quantitative estimate of drug-likeness (QED) is 0.825. The second kappa shape index (κ2) is 4.99. The predicted octanol–water partition coefficient (Wildman–Crippen LogP) is 4.27. The molecule has 0 saturated carbocycles. The summed E-state index contributed by atoms with van der Waals surface area (Å²) < 4.78 is 1.33. The Morgan fingerprint density at radius 3 is 2.94 bits per heavy atom. The van der Waals surface area contributed by atoms with Gasteiger partial charge in [-0.15, -0.1) is 23.7 Å². The highest BCUT2D eigenvalue weighted by Gasteiger charge is 2.17. The first-order valence-corrected chi connectivity index (χ1v) is 6.56. The second-order valence-electron chi connectivity index (χ2n) is 3.97. The van der Waals surface area contributed by atoms with Crippen LogP contribution in [-0.4, -0.2) is 6.54 Å². The number of rotatable bonds is 1. The molecule has 0 fully saturated rings. The number of nitrogens with one attached hydrogen (secondary N) is 1. The maximum absolute atomic E-state index is 6.29. The molecule has 2 aromatic rings. The molecule has 1 aromatic carbocycles. The lowest BCUT2D eigenvalue weighted by Crippen LogP contribution is -2.14. The first kappa shape index (κ1) is 12.9. The van der Waals surface area contributed by atoms with Crippen LogP contribution < -0.4 is 5.32 Å². The zero-order valence-corrected chi connectivity index (χ0v) is 11.6. The van der Waals surface area contributed by atoms with Gasteiger partial charge in [-0.1, -0.05) is 24.3 Å². The molecule has 1 N–H and O–H groups in total. The SMILES string of the molecule is C=Cc1sc2ccc(Cl)c3c2c1CNCC3.Cl. The van der Waals surface area contributed by atoms with Crippen molar-refractivity contribution in [2.75, 3.05) is 6.54 Å². The highest BCUT2D eigenvalue weighted by Crippen LogP contribution is 2.38. The molecule has 17 heavy (non-hydrogen) atoms. The fourth-order valence-electron chi connectivity index (χ4n) is 2.33. The van der Waals surface area contributed by atoms with Crippen molar-refractivity contribution in [3.05, 3.63) is 39.7 Å². The van der Waals surface area contributed by atoms with Crippen molar-refractivity contribution in [3.63, 3.8) is 0 Å². The minimum absolute atomic E-state index is 0. The van der Waals surface area contributed by atoms with E-state index in [9.17, 15) is 0 Å². The third-order valence-electron chi connectivity index (χ3n) is 3.08. The van der Waals surface area contributed by atoms with Crippen molar-refractivity contribution in [3.8, 4) is 0 Å². The third-order valence-corrected chi connectivity index (χ3v) is 4.62. The Balaban J connectivity index is 0.00000108. The van der Waals surface area contributed by atoms with Crippen LogP contribution in [0.5, 0.6) is 0 Å². The zero-order valence-electron chi connectivity index (χ0n) is 9.25. The summed E-state index contributed by atoms with van der Waals surface area (Å²) >= 11 is 8.09. The van der Waals surface area contributed by atoms with Crippen LogP contribution in [0.15, 0.2) is 18.7 Å². The lowest BCUT2D eigenvalue weighted by molar-refractivity contribution is 0.703. The standard InChI is InChI=1S/C13H12ClNS.ClH/c1-2-11-9-7-15-6-5-8-10(14)3-4-12(16-11)13(8)9;/h2-4,15H,1,5-7H2;1H. The van der Waals surface area contributed by atoms with Crippen LogP contribution in [-0.2, 0) is 13.0 Å². The van der Waals surface area contributed by atoms with Crippen molar-refractivity contribution < 1.29 is 0 Å². The molecule has 1 nitrogen and oxygen atoms in total. The minimum Gasteiger partial charge on any atom is -0.312 e. The van der Waals surface area contributed by atoms with E-state index in [0.717, 1.165) is 24.5 Å². The first-order chi connectivity index (χ1) is 7.81. The summed E-state index contributed by atoms with van der Waals surface area (Å²) in [5.41, 5.74) is 2.66. The van der Waals surface area contributed by atoms with Crippen LogP contribution in [0, 0.1) is 0 Å². The summed E-state index contributed by atoms with van der Waals surface area (Å²) in [6, 6.07) is 4.13. The molecule has 0 radical (unpaired) electrons. The molecule has 1 aliphatic rings. The minimum atomic E-state index is 0. The molecule has 0 unspecified atom stereocenters. The highest BCUT2D eigenvalue weighted by atomic mass is 35.5. The van der Waals surface area contributed by atoms with Gasteiger partial charge in [-0.25, -0.2) is 0 Å². The predicted molar refractivity (Wildman–Crippen MR) is 79.6 cm³/mol. The fourth-order valence-corrected chi connectivity index (χ4v) is 3.69. The Morgan fingerprint density at radius 2 is 2.18 bits per heavy atom. The Labute approximate surface area is 116 Å². The molecule has 3 rings (SSSR count). The molecule has 0 aliphatic carbocycles. The lowest BCUT2D eigenvalue weighted by atomic mass is 10.0. The van der Waals surface area contributed by atoms with E-state index in [1.165, 1.54) is 26.1 Å². The maximum atomic E-state index is 6.29. The summed E-state index contributed by atoms with van der Waals surface area (Å²) in [5, 5.41) is 5.70. The van der Waals surface area contributed by atoms with Crippen molar-refractivity contribution >= 4 is 51.5 Å². The molecule has 0 spiro atoms. The molecule has 4 heteroatoms. The molecule has 0 bridgehead atoms. The van der Waals surface area contributed by atoms with Crippen LogP contribution in [0.3, 0.4) is 0 Å². The van der Waals surface area contributed by atoms with Crippen LogP contribution >= 0.6 is 35.3 Å². The smallest absolute Gasteiger partial charge is 0.0445 e. The Morgan fingerprint density at radius 1 is 1.35 bits per heavy atom. The van der Waals surface area contributed by atoms with Gasteiger partial charge in [0, 0.05) is 26.5 Å². The number of thiophene rings is 1. The maximum Gasteiger partial charge on any atom is 0.0445 e. The third kappa shape index (κ3) is 2.00. The number of hydrogen-bond acceptors (Lipinski definition) is 2.